The standard InChI is InChI=1S/C12H18BrNOS/c1-3-10(8-16-2)14-7-9-5-4-6-11(13)12(9)15/h4-6,10,14-15H,3,7-8H2,1-2H3. The predicted octanol–water partition coefficient (Wildman–Crippen LogP) is 3.39. The fourth-order valence-corrected chi connectivity index (χ4v) is 2.64. The fourth-order valence-electron chi connectivity index (χ4n) is 1.48. The predicted molar refractivity (Wildman–Crippen MR) is 75.1 cm³/mol. The van der Waals surface area contributed by atoms with Gasteiger partial charge in [0.2, 0.25) is 0 Å². The summed E-state index contributed by atoms with van der Waals surface area (Å²) in [5, 5.41) is 13.3. The van der Waals surface area contributed by atoms with E-state index in [9.17, 15) is 5.11 Å². The van der Waals surface area contributed by atoms with Gasteiger partial charge in [-0.2, -0.15) is 11.8 Å². The summed E-state index contributed by atoms with van der Waals surface area (Å²) < 4.78 is 0.754. The molecule has 0 aliphatic heterocycles. The summed E-state index contributed by atoms with van der Waals surface area (Å²) in [6.45, 7) is 2.89. The molecule has 0 saturated carbocycles. The van der Waals surface area contributed by atoms with Crippen LogP contribution in [0.1, 0.15) is 18.9 Å². The number of benzene rings is 1. The molecule has 2 N–H and O–H groups in total. The Morgan fingerprint density at radius 3 is 2.88 bits per heavy atom. The maximum absolute atomic E-state index is 9.82. The Hall–Kier alpha value is -0.190. The zero-order valence-electron chi connectivity index (χ0n) is 9.66. The Kier molecular flexibility index (Phi) is 6.24. The molecule has 0 fully saturated rings. The molecule has 1 rings (SSSR count). The highest BCUT2D eigenvalue weighted by atomic mass is 79.9. The van der Waals surface area contributed by atoms with Crippen molar-refractivity contribution in [2.24, 2.45) is 0 Å². The molecule has 16 heavy (non-hydrogen) atoms. The SMILES string of the molecule is CCC(CSC)NCc1cccc(Br)c1O. The van der Waals surface area contributed by atoms with Crippen molar-refractivity contribution in [1.29, 1.82) is 0 Å². The first-order chi connectivity index (χ1) is 7.69. The van der Waals surface area contributed by atoms with E-state index in [0.29, 0.717) is 18.3 Å². The van der Waals surface area contributed by atoms with Gasteiger partial charge in [-0.1, -0.05) is 19.1 Å². The van der Waals surface area contributed by atoms with E-state index < -0.39 is 0 Å². The number of phenolic OH excluding ortho intramolecular Hbond substituents is 1. The van der Waals surface area contributed by atoms with Gasteiger partial charge in [0.15, 0.2) is 0 Å². The molecule has 0 radical (unpaired) electrons. The second kappa shape index (κ2) is 7.20. The van der Waals surface area contributed by atoms with Crippen molar-refractivity contribution >= 4 is 27.7 Å². The summed E-state index contributed by atoms with van der Waals surface area (Å²) in [7, 11) is 0. The third-order valence-electron chi connectivity index (χ3n) is 2.51. The molecular formula is C12H18BrNOS. The van der Waals surface area contributed by atoms with Crippen molar-refractivity contribution in [3.63, 3.8) is 0 Å². The lowest BCUT2D eigenvalue weighted by Gasteiger charge is -2.16. The van der Waals surface area contributed by atoms with Gasteiger partial charge < -0.3 is 10.4 Å². The highest BCUT2D eigenvalue weighted by Gasteiger charge is 2.08. The first-order valence-corrected chi connectivity index (χ1v) is 7.56. The number of hydrogen-bond donors (Lipinski definition) is 2. The normalized spacial score (nSPS) is 12.7. The number of hydrogen-bond acceptors (Lipinski definition) is 3. The third-order valence-corrected chi connectivity index (χ3v) is 3.89. The Morgan fingerprint density at radius 1 is 1.50 bits per heavy atom. The maximum atomic E-state index is 9.82. The summed E-state index contributed by atoms with van der Waals surface area (Å²) in [4.78, 5) is 0. The molecular weight excluding hydrogens is 286 g/mol. The van der Waals surface area contributed by atoms with Gasteiger partial charge in [-0.15, -0.1) is 0 Å². The Bertz CT molecular complexity index is 333. The van der Waals surface area contributed by atoms with Crippen molar-refractivity contribution in [3.8, 4) is 5.75 Å². The molecule has 0 heterocycles. The van der Waals surface area contributed by atoms with Crippen molar-refractivity contribution in [3.05, 3.63) is 28.2 Å². The number of para-hydroxylation sites is 1. The second-order valence-corrected chi connectivity index (χ2v) is 5.45. The quantitative estimate of drug-likeness (QED) is 0.845. The average molecular weight is 304 g/mol. The van der Waals surface area contributed by atoms with Crippen molar-refractivity contribution in [1.82, 2.24) is 5.32 Å². The van der Waals surface area contributed by atoms with E-state index in [-0.39, 0.29) is 0 Å². The van der Waals surface area contributed by atoms with E-state index in [4.69, 9.17) is 0 Å². The lowest BCUT2D eigenvalue weighted by Crippen LogP contribution is -2.30. The summed E-state index contributed by atoms with van der Waals surface area (Å²) in [6, 6.07) is 6.24. The number of halogens is 1. The summed E-state index contributed by atoms with van der Waals surface area (Å²) in [6.07, 6.45) is 3.22. The minimum Gasteiger partial charge on any atom is -0.506 e. The zero-order valence-corrected chi connectivity index (χ0v) is 12.1. The van der Waals surface area contributed by atoms with E-state index in [0.717, 1.165) is 22.2 Å². The molecule has 1 aromatic rings. The Balaban J connectivity index is 2.56. The lowest BCUT2D eigenvalue weighted by atomic mass is 10.2. The van der Waals surface area contributed by atoms with Crippen LogP contribution in [0.15, 0.2) is 22.7 Å². The van der Waals surface area contributed by atoms with Gasteiger partial charge in [0.25, 0.3) is 0 Å². The number of thioether (sulfide) groups is 1. The van der Waals surface area contributed by atoms with Crippen LogP contribution < -0.4 is 5.32 Å². The summed E-state index contributed by atoms with van der Waals surface area (Å²) in [5.74, 6) is 1.44. The molecule has 1 unspecified atom stereocenters. The smallest absolute Gasteiger partial charge is 0.134 e. The molecule has 4 heteroatoms. The number of phenols is 1. The number of aromatic hydroxyl groups is 1. The highest BCUT2D eigenvalue weighted by Crippen LogP contribution is 2.27. The molecule has 0 bridgehead atoms. The molecule has 0 spiro atoms. The molecule has 0 saturated heterocycles. The molecule has 90 valence electrons. The van der Waals surface area contributed by atoms with Crippen molar-refractivity contribution < 1.29 is 5.11 Å². The summed E-state index contributed by atoms with van der Waals surface area (Å²) >= 11 is 5.16. The van der Waals surface area contributed by atoms with Gasteiger partial charge in [0.05, 0.1) is 4.47 Å². The van der Waals surface area contributed by atoms with Gasteiger partial charge in [0.1, 0.15) is 5.75 Å². The van der Waals surface area contributed by atoms with Gasteiger partial charge >= 0.3 is 0 Å². The minimum atomic E-state index is 0.342. The van der Waals surface area contributed by atoms with Gasteiger partial charge in [-0.25, -0.2) is 0 Å². The van der Waals surface area contributed by atoms with Gasteiger partial charge in [-0.05, 0) is 34.7 Å². The van der Waals surface area contributed by atoms with E-state index in [1.165, 1.54) is 0 Å². The average Bonchev–Trinajstić information content (AvgIpc) is 2.29. The number of nitrogens with one attached hydrogen (secondary N) is 1. The Morgan fingerprint density at radius 2 is 2.25 bits per heavy atom. The molecule has 1 atom stereocenters. The van der Waals surface area contributed by atoms with E-state index in [2.05, 4.69) is 34.4 Å². The van der Waals surface area contributed by atoms with Crippen LogP contribution in [0.2, 0.25) is 0 Å². The van der Waals surface area contributed by atoms with E-state index in [1.54, 1.807) is 0 Å². The zero-order chi connectivity index (χ0) is 12.0. The van der Waals surface area contributed by atoms with Crippen LogP contribution in [0.5, 0.6) is 5.75 Å². The van der Waals surface area contributed by atoms with Crippen LogP contribution in [0.4, 0.5) is 0 Å². The van der Waals surface area contributed by atoms with E-state index in [1.807, 2.05) is 30.0 Å². The van der Waals surface area contributed by atoms with Crippen LogP contribution in [-0.2, 0) is 6.54 Å². The molecule has 1 aromatic carbocycles. The van der Waals surface area contributed by atoms with Gasteiger partial charge in [0, 0.05) is 23.9 Å². The highest BCUT2D eigenvalue weighted by molar-refractivity contribution is 9.10. The molecule has 0 aromatic heterocycles. The maximum Gasteiger partial charge on any atom is 0.134 e. The minimum absolute atomic E-state index is 0.342. The molecule has 0 aliphatic rings. The van der Waals surface area contributed by atoms with Crippen LogP contribution >= 0.6 is 27.7 Å². The lowest BCUT2D eigenvalue weighted by molar-refractivity contribution is 0.455. The van der Waals surface area contributed by atoms with Crippen LogP contribution in [0.25, 0.3) is 0 Å². The van der Waals surface area contributed by atoms with Crippen LogP contribution in [-0.4, -0.2) is 23.2 Å². The fraction of sp³-hybridized carbons (Fsp3) is 0.500. The van der Waals surface area contributed by atoms with Crippen LogP contribution in [0, 0.1) is 0 Å². The van der Waals surface area contributed by atoms with Crippen molar-refractivity contribution in [2.75, 3.05) is 12.0 Å². The number of rotatable bonds is 6. The molecule has 0 aliphatic carbocycles. The third kappa shape index (κ3) is 4.00. The largest absolute Gasteiger partial charge is 0.506 e. The van der Waals surface area contributed by atoms with E-state index >= 15 is 0 Å². The first-order valence-electron chi connectivity index (χ1n) is 5.37. The summed E-state index contributed by atoms with van der Waals surface area (Å²) in [5.41, 5.74) is 0.939. The second-order valence-electron chi connectivity index (χ2n) is 3.69. The first kappa shape index (κ1) is 13.9. The Labute approximate surface area is 110 Å². The topological polar surface area (TPSA) is 32.3 Å². The molecule has 2 nitrogen and oxygen atoms in total. The van der Waals surface area contributed by atoms with Crippen molar-refractivity contribution in [2.45, 2.75) is 25.9 Å². The van der Waals surface area contributed by atoms with Crippen LogP contribution in [0.3, 0.4) is 0 Å². The van der Waals surface area contributed by atoms with Gasteiger partial charge in [-0.3, -0.25) is 0 Å². The monoisotopic (exact) mass is 303 g/mol. The molecule has 0 amide bonds.